The summed E-state index contributed by atoms with van der Waals surface area (Å²) >= 11 is 0. The van der Waals surface area contributed by atoms with Crippen molar-refractivity contribution < 1.29 is 9.53 Å². The molecule has 26 heavy (non-hydrogen) atoms. The molecule has 2 aliphatic heterocycles. The summed E-state index contributed by atoms with van der Waals surface area (Å²) in [6, 6.07) is 3.58. The molecule has 2 aromatic heterocycles. The van der Waals surface area contributed by atoms with E-state index in [4.69, 9.17) is 4.74 Å². The second-order valence-corrected chi connectivity index (χ2v) is 6.36. The Bertz CT molecular complexity index is 801. The highest BCUT2D eigenvalue weighted by atomic mass is 16.5. The number of ether oxygens (including phenoxy) is 1. The van der Waals surface area contributed by atoms with Crippen molar-refractivity contribution in [3.05, 3.63) is 54.3 Å². The van der Waals surface area contributed by atoms with Crippen molar-refractivity contribution in [2.24, 2.45) is 0 Å². The van der Waals surface area contributed by atoms with Crippen LogP contribution in [0.25, 0.3) is 0 Å². The summed E-state index contributed by atoms with van der Waals surface area (Å²) in [5.74, 6) is 1.59. The van der Waals surface area contributed by atoms with E-state index in [2.05, 4.69) is 32.0 Å². The fraction of sp³-hybridized carbons (Fsp3) is 0.368. The summed E-state index contributed by atoms with van der Waals surface area (Å²) in [7, 11) is 0. The Morgan fingerprint density at radius 3 is 2.81 bits per heavy atom. The number of pyridine rings is 1. The van der Waals surface area contributed by atoms with Gasteiger partial charge in [-0.25, -0.2) is 9.97 Å². The lowest BCUT2D eigenvalue weighted by Gasteiger charge is -2.21. The van der Waals surface area contributed by atoms with E-state index >= 15 is 0 Å². The van der Waals surface area contributed by atoms with Gasteiger partial charge in [0.25, 0.3) is 5.91 Å². The molecule has 0 aromatic carbocycles. The molecule has 1 amide bonds. The fourth-order valence-electron chi connectivity index (χ4n) is 3.35. The fourth-order valence-corrected chi connectivity index (χ4v) is 3.35. The van der Waals surface area contributed by atoms with Gasteiger partial charge in [0, 0.05) is 44.4 Å². The predicted molar refractivity (Wildman–Crippen MR) is 97.1 cm³/mol. The largest absolute Gasteiger partial charge is 0.482 e. The predicted octanol–water partition coefficient (Wildman–Crippen LogP) is 1.25. The summed E-state index contributed by atoms with van der Waals surface area (Å²) in [5.41, 5.74) is 2.21. The van der Waals surface area contributed by atoms with Gasteiger partial charge in [0.1, 0.15) is 17.9 Å². The maximum atomic E-state index is 12.5. The van der Waals surface area contributed by atoms with Crippen molar-refractivity contribution in [3.63, 3.8) is 0 Å². The molecule has 0 saturated heterocycles. The quantitative estimate of drug-likeness (QED) is 0.772. The maximum absolute atomic E-state index is 12.5. The molecular formula is C19H21N5O2. The molecule has 0 aliphatic carbocycles. The normalized spacial score (nSPS) is 16.3. The van der Waals surface area contributed by atoms with Gasteiger partial charge >= 0.3 is 0 Å². The molecule has 0 saturated carbocycles. The summed E-state index contributed by atoms with van der Waals surface area (Å²) in [4.78, 5) is 29.6. The van der Waals surface area contributed by atoms with Gasteiger partial charge in [0.2, 0.25) is 0 Å². The highest BCUT2D eigenvalue weighted by molar-refractivity contribution is 5.78. The van der Waals surface area contributed by atoms with Crippen LogP contribution in [0.2, 0.25) is 0 Å². The Morgan fingerprint density at radius 2 is 2.00 bits per heavy atom. The number of aromatic nitrogens is 3. The third-order valence-corrected chi connectivity index (χ3v) is 4.73. The van der Waals surface area contributed by atoms with Gasteiger partial charge in [-0.1, -0.05) is 12.2 Å². The average molecular weight is 351 g/mol. The molecular weight excluding hydrogens is 330 g/mol. The number of amides is 1. The lowest BCUT2D eigenvalue weighted by atomic mass is 10.1. The van der Waals surface area contributed by atoms with E-state index in [1.54, 1.807) is 30.9 Å². The minimum absolute atomic E-state index is 0.0148. The number of carbonyl (C=O) groups excluding carboxylic acids is 1. The molecule has 4 heterocycles. The molecule has 7 nitrogen and oxygen atoms in total. The molecule has 0 unspecified atom stereocenters. The Hall–Kier alpha value is -2.96. The van der Waals surface area contributed by atoms with Crippen molar-refractivity contribution in [2.75, 3.05) is 37.7 Å². The van der Waals surface area contributed by atoms with Gasteiger partial charge in [0.05, 0.1) is 11.9 Å². The molecule has 0 bridgehead atoms. The van der Waals surface area contributed by atoms with Crippen LogP contribution < -0.4 is 9.64 Å². The zero-order valence-electron chi connectivity index (χ0n) is 14.5. The minimum atomic E-state index is -0.0148. The Labute approximate surface area is 152 Å². The number of hydrogen-bond donors (Lipinski definition) is 0. The van der Waals surface area contributed by atoms with Crippen LogP contribution in [-0.2, 0) is 17.6 Å². The Kier molecular flexibility index (Phi) is 4.77. The molecule has 0 atom stereocenters. The lowest BCUT2D eigenvalue weighted by molar-refractivity contribution is -0.133. The maximum Gasteiger partial charge on any atom is 0.260 e. The third kappa shape index (κ3) is 3.51. The Morgan fingerprint density at radius 1 is 1.15 bits per heavy atom. The smallest absolute Gasteiger partial charge is 0.260 e. The second-order valence-electron chi connectivity index (χ2n) is 6.36. The van der Waals surface area contributed by atoms with Crippen LogP contribution in [0.1, 0.15) is 11.3 Å². The van der Waals surface area contributed by atoms with Crippen LogP contribution in [0.4, 0.5) is 5.82 Å². The number of anilines is 1. The first-order chi connectivity index (χ1) is 12.8. The summed E-state index contributed by atoms with van der Waals surface area (Å²) < 4.78 is 5.55. The topological polar surface area (TPSA) is 71.5 Å². The van der Waals surface area contributed by atoms with Crippen molar-refractivity contribution in [1.82, 2.24) is 19.9 Å². The van der Waals surface area contributed by atoms with Crippen LogP contribution in [0, 0.1) is 0 Å². The number of carbonyl (C=O) groups is 1. The molecule has 0 N–H and O–H groups in total. The SMILES string of the molecule is O=C(COc1cccnc1)N1CCc2ncnc(N3CC=CC3)c2CC1. The van der Waals surface area contributed by atoms with Gasteiger partial charge in [-0.05, 0) is 18.6 Å². The number of nitrogens with zero attached hydrogens (tertiary/aromatic N) is 5. The van der Waals surface area contributed by atoms with E-state index < -0.39 is 0 Å². The zero-order valence-corrected chi connectivity index (χ0v) is 14.5. The lowest BCUT2D eigenvalue weighted by Crippen LogP contribution is -2.36. The highest BCUT2D eigenvalue weighted by Crippen LogP contribution is 2.25. The van der Waals surface area contributed by atoms with Crippen LogP contribution >= 0.6 is 0 Å². The average Bonchev–Trinajstić information content (AvgIpc) is 3.13. The number of rotatable bonds is 4. The van der Waals surface area contributed by atoms with E-state index in [9.17, 15) is 4.79 Å². The van der Waals surface area contributed by atoms with Gasteiger partial charge in [0.15, 0.2) is 6.61 Å². The van der Waals surface area contributed by atoms with Crippen LogP contribution in [0.3, 0.4) is 0 Å². The first kappa shape index (κ1) is 16.5. The second kappa shape index (κ2) is 7.51. The molecule has 2 aliphatic rings. The van der Waals surface area contributed by atoms with Gasteiger partial charge in [-0.3, -0.25) is 9.78 Å². The van der Waals surface area contributed by atoms with E-state index in [-0.39, 0.29) is 12.5 Å². The molecule has 4 rings (SSSR count). The minimum Gasteiger partial charge on any atom is -0.482 e. The number of hydrogen-bond acceptors (Lipinski definition) is 6. The van der Waals surface area contributed by atoms with Crippen molar-refractivity contribution in [1.29, 1.82) is 0 Å². The van der Waals surface area contributed by atoms with Crippen LogP contribution in [-0.4, -0.2) is 58.5 Å². The summed E-state index contributed by atoms with van der Waals surface area (Å²) in [5, 5.41) is 0. The Balaban J connectivity index is 1.41. The monoisotopic (exact) mass is 351 g/mol. The van der Waals surface area contributed by atoms with E-state index in [0.29, 0.717) is 18.8 Å². The molecule has 0 spiro atoms. The van der Waals surface area contributed by atoms with E-state index in [1.165, 1.54) is 5.56 Å². The highest BCUT2D eigenvalue weighted by Gasteiger charge is 2.24. The standard InChI is InChI=1S/C19H21N5O2/c25-18(13-26-15-4-3-7-20-12-15)23-10-5-16-17(6-11-23)21-14-22-19(16)24-8-1-2-9-24/h1-4,7,12,14H,5-6,8-11,13H2. The number of fused-ring (bicyclic) bond motifs is 1. The van der Waals surface area contributed by atoms with Crippen molar-refractivity contribution in [2.45, 2.75) is 12.8 Å². The van der Waals surface area contributed by atoms with Crippen molar-refractivity contribution >= 4 is 11.7 Å². The third-order valence-electron chi connectivity index (χ3n) is 4.73. The van der Waals surface area contributed by atoms with Gasteiger partial charge in [-0.15, -0.1) is 0 Å². The summed E-state index contributed by atoms with van der Waals surface area (Å²) in [6.07, 6.45) is 10.7. The van der Waals surface area contributed by atoms with E-state index in [1.807, 2.05) is 4.90 Å². The molecule has 0 fully saturated rings. The zero-order chi connectivity index (χ0) is 17.8. The molecule has 2 aromatic rings. The van der Waals surface area contributed by atoms with Crippen molar-refractivity contribution in [3.8, 4) is 5.75 Å². The molecule has 0 radical (unpaired) electrons. The van der Waals surface area contributed by atoms with E-state index in [0.717, 1.165) is 37.4 Å². The van der Waals surface area contributed by atoms with Gasteiger partial charge < -0.3 is 14.5 Å². The van der Waals surface area contributed by atoms with Crippen LogP contribution in [0.5, 0.6) is 5.75 Å². The van der Waals surface area contributed by atoms with Gasteiger partial charge in [-0.2, -0.15) is 0 Å². The van der Waals surface area contributed by atoms with Crippen LogP contribution in [0.15, 0.2) is 43.0 Å². The summed E-state index contributed by atoms with van der Waals surface area (Å²) in [6.45, 7) is 3.09. The molecule has 7 heteroatoms. The first-order valence-corrected chi connectivity index (χ1v) is 8.84. The molecule has 134 valence electrons. The first-order valence-electron chi connectivity index (χ1n) is 8.84.